The van der Waals surface area contributed by atoms with E-state index in [2.05, 4.69) is 57.2 Å². The fourth-order valence-corrected chi connectivity index (χ4v) is 3.80. The Hall–Kier alpha value is -2.17. The highest BCUT2D eigenvalue weighted by atomic mass is 79.9. The number of carbonyl (C=O) groups excluding carboxylic acids is 1. The Labute approximate surface area is 162 Å². The SMILES string of the molecule is O=C(c1cccc2ccccc12)N1CCN(Cc2ccc(Br)cc2)CC1. The molecule has 0 radical (unpaired) electrons. The first-order valence-corrected chi connectivity index (χ1v) is 9.74. The number of nitrogens with zero attached hydrogens (tertiary/aromatic N) is 2. The summed E-state index contributed by atoms with van der Waals surface area (Å²) < 4.78 is 1.10. The van der Waals surface area contributed by atoms with E-state index >= 15 is 0 Å². The van der Waals surface area contributed by atoms with Gasteiger partial charge in [-0.15, -0.1) is 0 Å². The maximum atomic E-state index is 13.0. The third-order valence-corrected chi connectivity index (χ3v) is 5.53. The molecule has 3 aromatic rings. The van der Waals surface area contributed by atoms with Gasteiger partial charge in [-0.1, -0.05) is 64.5 Å². The monoisotopic (exact) mass is 408 g/mol. The van der Waals surface area contributed by atoms with Crippen LogP contribution < -0.4 is 0 Å². The molecular formula is C22H21BrN2O. The van der Waals surface area contributed by atoms with Crippen molar-refractivity contribution in [3.8, 4) is 0 Å². The van der Waals surface area contributed by atoms with Gasteiger partial charge in [-0.25, -0.2) is 0 Å². The van der Waals surface area contributed by atoms with Crippen LogP contribution in [0.3, 0.4) is 0 Å². The van der Waals surface area contributed by atoms with Crippen molar-refractivity contribution in [1.82, 2.24) is 9.80 Å². The molecule has 3 aromatic carbocycles. The molecule has 0 saturated carbocycles. The highest BCUT2D eigenvalue weighted by Crippen LogP contribution is 2.21. The fraction of sp³-hybridized carbons (Fsp3) is 0.227. The van der Waals surface area contributed by atoms with Gasteiger partial charge in [-0.05, 0) is 34.5 Å². The third-order valence-electron chi connectivity index (χ3n) is 5.00. The molecular weight excluding hydrogens is 388 g/mol. The average molecular weight is 409 g/mol. The number of benzene rings is 3. The molecule has 26 heavy (non-hydrogen) atoms. The Kier molecular flexibility index (Phi) is 5.05. The second kappa shape index (κ2) is 7.60. The minimum atomic E-state index is 0.144. The van der Waals surface area contributed by atoms with Crippen molar-refractivity contribution in [1.29, 1.82) is 0 Å². The van der Waals surface area contributed by atoms with Crippen LogP contribution in [0.2, 0.25) is 0 Å². The van der Waals surface area contributed by atoms with E-state index in [1.807, 2.05) is 35.2 Å². The number of hydrogen-bond acceptors (Lipinski definition) is 2. The van der Waals surface area contributed by atoms with E-state index in [4.69, 9.17) is 0 Å². The summed E-state index contributed by atoms with van der Waals surface area (Å²) in [6.07, 6.45) is 0. The first-order chi connectivity index (χ1) is 12.7. The third kappa shape index (κ3) is 3.67. The van der Waals surface area contributed by atoms with Crippen molar-refractivity contribution in [2.75, 3.05) is 26.2 Å². The highest BCUT2D eigenvalue weighted by Gasteiger charge is 2.23. The number of piperazine rings is 1. The van der Waals surface area contributed by atoms with Crippen LogP contribution in [-0.4, -0.2) is 41.9 Å². The van der Waals surface area contributed by atoms with Gasteiger partial charge in [0.25, 0.3) is 5.91 Å². The summed E-state index contributed by atoms with van der Waals surface area (Å²) in [5.41, 5.74) is 2.12. The lowest BCUT2D eigenvalue weighted by Crippen LogP contribution is -2.48. The van der Waals surface area contributed by atoms with Gasteiger partial charge in [0.05, 0.1) is 0 Å². The van der Waals surface area contributed by atoms with Crippen molar-refractivity contribution < 1.29 is 4.79 Å². The summed E-state index contributed by atoms with van der Waals surface area (Å²) >= 11 is 3.48. The van der Waals surface area contributed by atoms with E-state index in [0.717, 1.165) is 53.5 Å². The summed E-state index contributed by atoms with van der Waals surface area (Å²) in [5.74, 6) is 0.144. The summed E-state index contributed by atoms with van der Waals surface area (Å²) in [6.45, 7) is 4.31. The quantitative estimate of drug-likeness (QED) is 0.633. The van der Waals surface area contributed by atoms with E-state index in [0.29, 0.717) is 0 Å². The van der Waals surface area contributed by atoms with Gasteiger partial charge in [0, 0.05) is 42.8 Å². The van der Waals surface area contributed by atoms with Gasteiger partial charge in [0.2, 0.25) is 0 Å². The first-order valence-electron chi connectivity index (χ1n) is 8.94. The zero-order valence-electron chi connectivity index (χ0n) is 14.6. The van der Waals surface area contributed by atoms with Crippen LogP contribution in [0.15, 0.2) is 71.2 Å². The molecule has 4 heteroatoms. The molecule has 1 aliphatic rings. The van der Waals surface area contributed by atoms with Crippen molar-refractivity contribution >= 4 is 32.6 Å². The van der Waals surface area contributed by atoms with E-state index < -0.39 is 0 Å². The summed E-state index contributed by atoms with van der Waals surface area (Å²) in [4.78, 5) is 17.4. The first kappa shape index (κ1) is 17.3. The normalized spacial score (nSPS) is 15.3. The summed E-state index contributed by atoms with van der Waals surface area (Å²) in [6, 6.07) is 22.5. The molecule has 0 N–H and O–H groups in total. The number of halogens is 1. The van der Waals surface area contributed by atoms with Crippen LogP contribution in [0, 0.1) is 0 Å². The van der Waals surface area contributed by atoms with Crippen molar-refractivity contribution in [2.45, 2.75) is 6.54 Å². The molecule has 1 heterocycles. The summed E-state index contributed by atoms with van der Waals surface area (Å²) in [5, 5.41) is 2.16. The van der Waals surface area contributed by atoms with Crippen LogP contribution in [0.1, 0.15) is 15.9 Å². The molecule has 4 rings (SSSR count). The number of fused-ring (bicyclic) bond motifs is 1. The Balaban J connectivity index is 1.42. The van der Waals surface area contributed by atoms with Gasteiger partial charge in [-0.3, -0.25) is 9.69 Å². The smallest absolute Gasteiger partial charge is 0.254 e. The van der Waals surface area contributed by atoms with E-state index in [1.54, 1.807) is 0 Å². The molecule has 0 atom stereocenters. The van der Waals surface area contributed by atoms with Gasteiger partial charge >= 0.3 is 0 Å². The Bertz CT molecular complexity index is 910. The van der Waals surface area contributed by atoms with E-state index in [-0.39, 0.29) is 5.91 Å². The van der Waals surface area contributed by atoms with Crippen LogP contribution in [-0.2, 0) is 6.54 Å². The lowest BCUT2D eigenvalue weighted by atomic mass is 10.0. The maximum absolute atomic E-state index is 13.0. The predicted molar refractivity (Wildman–Crippen MR) is 109 cm³/mol. The van der Waals surface area contributed by atoms with Crippen LogP contribution >= 0.6 is 15.9 Å². The van der Waals surface area contributed by atoms with E-state index in [1.165, 1.54) is 5.56 Å². The lowest BCUT2D eigenvalue weighted by molar-refractivity contribution is 0.0630. The minimum Gasteiger partial charge on any atom is -0.336 e. The molecule has 0 bridgehead atoms. The van der Waals surface area contributed by atoms with Crippen LogP contribution in [0.25, 0.3) is 10.8 Å². The highest BCUT2D eigenvalue weighted by molar-refractivity contribution is 9.10. The Morgan fingerprint density at radius 3 is 2.31 bits per heavy atom. The number of amides is 1. The zero-order valence-corrected chi connectivity index (χ0v) is 16.2. The molecule has 1 amide bonds. The van der Waals surface area contributed by atoms with Crippen molar-refractivity contribution in [3.63, 3.8) is 0 Å². The van der Waals surface area contributed by atoms with Gasteiger partial charge in [0.15, 0.2) is 0 Å². The Morgan fingerprint density at radius 2 is 1.54 bits per heavy atom. The van der Waals surface area contributed by atoms with Crippen LogP contribution in [0.5, 0.6) is 0 Å². The molecule has 0 spiro atoms. The summed E-state index contributed by atoms with van der Waals surface area (Å²) in [7, 11) is 0. The molecule has 0 unspecified atom stereocenters. The topological polar surface area (TPSA) is 23.6 Å². The number of hydrogen-bond donors (Lipinski definition) is 0. The number of rotatable bonds is 3. The standard InChI is InChI=1S/C22H21BrN2O/c23-19-10-8-17(9-11-19)16-24-12-14-25(15-13-24)22(26)21-7-3-5-18-4-1-2-6-20(18)21/h1-11H,12-16H2. The molecule has 1 saturated heterocycles. The van der Waals surface area contributed by atoms with Crippen molar-refractivity contribution in [3.05, 3.63) is 82.3 Å². The second-order valence-corrected chi connectivity index (χ2v) is 7.64. The number of carbonyl (C=O) groups is 1. The molecule has 1 fully saturated rings. The molecule has 3 nitrogen and oxygen atoms in total. The maximum Gasteiger partial charge on any atom is 0.254 e. The molecule has 132 valence electrons. The van der Waals surface area contributed by atoms with E-state index in [9.17, 15) is 4.79 Å². The lowest BCUT2D eigenvalue weighted by Gasteiger charge is -2.35. The Morgan fingerprint density at radius 1 is 0.846 bits per heavy atom. The van der Waals surface area contributed by atoms with Gasteiger partial charge in [0.1, 0.15) is 0 Å². The molecule has 1 aliphatic heterocycles. The molecule has 0 aliphatic carbocycles. The van der Waals surface area contributed by atoms with Gasteiger partial charge < -0.3 is 4.90 Å². The van der Waals surface area contributed by atoms with Crippen molar-refractivity contribution in [2.24, 2.45) is 0 Å². The largest absolute Gasteiger partial charge is 0.336 e. The predicted octanol–water partition coefficient (Wildman–Crippen LogP) is 4.56. The van der Waals surface area contributed by atoms with Gasteiger partial charge in [-0.2, -0.15) is 0 Å². The fourth-order valence-electron chi connectivity index (χ4n) is 3.54. The average Bonchev–Trinajstić information content (AvgIpc) is 2.69. The zero-order chi connectivity index (χ0) is 17.9. The molecule has 0 aromatic heterocycles. The minimum absolute atomic E-state index is 0.144. The van der Waals surface area contributed by atoms with Crippen LogP contribution in [0.4, 0.5) is 0 Å². The second-order valence-electron chi connectivity index (χ2n) is 6.72.